The van der Waals surface area contributed by atoms with E-state index in [2.05, 4.69) is 16.0 Å². The number of rotatable bonds is 6. The van der Waals surface area contributed by atoms with Gasteiger partial charge in [0.25, 0.3) is 0 Å². The zero-order chi connectivity index (χ0) is 20.3. The number of benzene rings is 2. The molecule has 3 N–H and O–H groups in total. The molecular formula is C21H21N3O4. The highest BCUT2D eigenvalue weighted by Crippen LogP contribution is 2.40. The average molecular weight is 379 g/mol. The number of amides is 3. The van der Waals surface area contributed by atoms with Crippen LogP contribution >= 0.6 is 0 Å². The number of hydrogen-bond acceptors (Lipinski definition) is 4. The molecule has 1 aliphatic carbocycles. The molecule has 2 aromatic carbocycles. The Kier molecular flexibility index (Phi) is 5.54. The standard InChI is InChI=1S/C21H21N3O4/c1-12(25)14-3-5-16(6-4-14)23-20(27)18-11-19(18)21(28)24-17-9-7-15(8-10-17)22-13(2)26/h3-10,18-19H,11H2,1-2H3,(H,22,26)(H,23,27)(H,24,28). The summed E-state index contributed by atoms with van der Waals surface area (Å²) in [7, 11) is 0. The lowest BCUT2D eigenvalue weighted by molar-refractivity contribution is -0.122. The van der Waals surface area contributed by atoms with Gasteiger partial charge in [0.05, 0.1) is 11.8 Å². The SMILES string of the molecule is CC(=O)Nc1ccc(NC(=O)C2CC2C(=O)Nc2ccc(C(C)=O)cc2)cc1. The van der Waals surface area contributed by atoms with Crippen LogP contribution in [0.3, 0.4) is 0 Å². The third-order valence-corrected chi connectivity index (χ3v) is 4.50. The van der Waals surface area contributed by atoms with Crippen molar-refractivity contribution < 1.29 is 19.2 Å². The maximum absolute atomic E-state index is 12.3. The van der Waals surface area contributed by atoms with Crippen molar-refractivity contribution in [2.45, 2.75) is 20.3 Å². The lowest BCUT2D eigenvalue weighted by Crippen LogP contribution is -2.20. The van der Waals surface area contributed by atoms with Crippen molar-refractivity contribution in [1.82, 2.24) is 0 Å². The quantitative estimate of drug-likeness (QED) is 0.671. The number of nitrogens with one attached hydrogen (secondary N) is 3. The van der Waals surface area contributed by atoms with E-state index in [4.69, 9.17) is 0 Å². The third-order valence-electron chi connectivity index (χ3n) is 4.50. The summed E-state index contributed by atoms with van der Waals surface area (Å²) in [6.07, 6.45) is 0.493. The van der Waals surface area contributed by atoms with Gasteiger partial charge in [-0.2, -0.15) is 0 Å². The number of carbonyl (C=O) groups is 4. The molecule has 1 fully saturated rings. The maximum Gasteiger partial charge on any atom is 0.228 e. The Morgan fingerprint density at radius 1 is 0.679 bits per heavy atom. The third kappa shape index (κ3) is 4.82. The van der Waals surface area contributed by atoms with Crippen LogP contribution < -0.4 is 16.0 Å². The second kappa shape index (κ2) is 8.04. The number of ketones is 1. The minimum atomic E-state index is -0.369. The zero-order valence-electron chi connectivity index (χ0n) is 15.6. The van der Waals surface area contributed by atoms with E-state index >= 15 is 0 Å². The highest BCUT2D eigenvalue weighted by Gasteiger charge is 2.48. The molecule has 3 amide bonds. The number of anilines is 3. The Balaban J connectivity index is 1.51. The molecule has 7 heteroatoms. The Morgan fingerprint density at radius 3 is 1.46 bits per heavy atom. The zero-order valence-corrected chi connectivity index (χ0v) is 15.6. The Hall–Kier alpha value is -3.48. The molecule has 0 bridgehead atoms. The van der Waals surface area contributed by atoms with Crippen molar-refractivity contribution in [2.24, 2.45) is 11.8 Å². The van der Waals surface area contributed by atoms with Gasteiger partial charge >= 0.3 is 0 Å². The molecular weight excluding hydrogens is 358 g/mol. The van der Waals surface area contributed by atoms with Crippen molar-refractivity contribution in [2.75, 3.05) is 16.0 Å². The largest absolute Gasteiger partial charge is 0.326 e. The summed E-state index contributed by atoms with van der Waals surface area (Å²) in [6.45, 7) is 2.90. The first-order valence-corrected chi connectivity index (χ1v) is 8.94. The van der Waals surface area contributed by atoms with E-state index in [1.165, 1.54) is 13.8 Å². The van der Waals surface area contributed by atoms with E-state index in [1.807, 2.05) is 0 Å². The van der Waals surface area contributed by atoms with E-state index in [9.17, 15) is 19.2 Å². The monoisotopic (exact) mass is 379 g/mol. The molecule has 0 aliphatic heterocycles. The van der Waals surface area contributed by atoms with E-state index in [1.54, 1.807) is 48.5 Å². The van der Waals surface area contributed by atoms with Gasteiger partial charge in [-0.25, -0.2) is 0 Å². The van der Waals surface area contributed by atoms with Gasteiger partial charge in [-0.15, -0.1) is 0 Å². The van der Waals surface area contributed by atoms with Gasteiger partial charge in [-0.1, -0.05) is 0 Å². The molecule has 0 aromatic heterocycles. The summed E-state index contributed by atoms with van der Waals surface area (Å²) >= 11 is 0. The lowest BCUT2D eigenvalue weighted by Gasteiger charge is -2.08. The van der Waals surface area contributed by atoms with Gasteiger partial charge in [0.15, 0.2) is 5.78 Å². The van der Waals surface area contributed by atoms with E-state index < -0.39 is 0 Å². The van der Waals surface area contributed by atoms with Crippen LogP contribution in [0.2, 0.25) is 0 Å². The maximum atomic E-state index is 12.3. The Bertz CT molecular complexity index is 920. The molecule has 1 saturated carbocycles. The smallest absolute Gasteiger partial charge is 0.228 e. The van der Waals surface area contributed by atoms with Crippen LogP contribution in [0.4, 0.5) is 17.1 Å². The van der Waals surface area contributed by atoms with Gasteiger partial charge in [-0.3, -0.25) is 19.2 Å². The topological polar surface area (TPSA) is 104 Å². The Labute approximate surface area is 162 Å². The van der Waals surface area contributed by atoms with E-state index in [0.717, 1.165) is 0 Å². The van der Waals surface area contributed by atoms with Crippen molar-refractivity contribution in [1.29, 1.82) is 0 Å². The fraction of sp³-hybridized carbons (Fsp3) is 0.238. The van der Waals surface area contributed by atoms with Gasteiger partial charge in [0.2, 0.25) is 17.7 Å². The van der Waals surface area contributed by atoms with Crippen LogP contribution in [-0.2, 0) is 14.4 Å². The second-order valence-corrected chi connectivity index (χ2v) is 6.82. The van der Waals surface area contributed by atoms with E-state index in [0.29, 0.717) is 29.0 Å². The van der Waals surface area contributed by atoms with Gasteiger partial charge in [-0.05, 0) is 61.9 Å². The van der Waals surface area contributed by atoms with Crippen LogP contribution in [-0.4, -0.2) is 23.5 Å². The predicted molar refractivity (Wildman–Crippen MR) is 106 cm³/mol. The summed E-state index contributed by atoms with van der Waals surface area (Å²) < 4.78 is 0. The molecule has 2 atom stereocenters. The first-order chi connectivity index (χ1) is 13.3. The molecule has 28 heavy (non-hydrogen) atoms. The van der Waals surface area contributed by atoms with Crippen LogP contribution in [0.5, 0.6) is 0 Å². The van der Waals surface area contributed by atoms with Crippen LogP contribution in [0.15, 0.2) is 48.5 Å². The molecule has 7 nitrogen and oxygen atoms in total. The summed E-state index contributed by atoms with van der Waals surface area (Å²) in [4.78, 5) is 46.9. The molecule has 144 valence electrons. The van der Waals surface area contributed by atoms with E-state index in [-0.39, 0.29) is 35.3 Å². The van der Waals surface area contributed by atoms with Crippen LogP contribution in [0.25, 0.3) is 0 Å². The minimum absolute atomic E-state index is 0.0399. The highest BCUT2D eigenvalue weighted by molar-refractivity contribution is 6.03. The van der Waals surface area contributed by atoms with Crippen molar-refractivity contribution >= 4 is 40.6 Å². The van der Waals surface area contributed by atoms with Crippen molar-refractivity contribution in [3.05, 3.63) is 54.1 Å². The number of hydrogen-bond donors (Lipinski definition) is 3. The summed E-state index contributed by atoms with van der Waals surface area (Å²) in [6, 6.07) is 13.4. The molecule has 2 unspecified atom stereocenters. The molecule has 1 aliphatic rings. The molecule has 3 rings (SSSR count). The first-order valence-electron chi connectivity index (χ1n) is 8.94. The van der Waals surface area contributed by atoms with Gasteiger partial charge < -0.3 is 16.0 Å². The molecule has 0 spiro atoms. The second-order valence-electron chi connectivity index (χ2n) is 6.82. The number of carbonyl (C=O) groups excluding carboxylic acids is 4. The van der Waals surface area contributed by atoms with Crippen molar-refractivity contribution in [3.63, 3.8) is 0 Å². The molecule has 0 radical (unpaired) electrons. The lowest BCUT2D eigenvalue weighted by atomic mass is 10.1. The summed E-state index contributed by atoms with van der Waals surface area (Å²) in [5.41, 5.74) is 2.41. The number of Topliss-reactive ketones (excluding diaryl/α,β-unsaturated/α-hetero) is 1. The fourth-order valence-electron chi connectivity index (χ4n) is 2.87. The predicted octanol–water partition coefficient (Wildman–Crippen LogP) is 3.06. The summed E-state index contributed by atoms with van der Waals surface area (Å²) in [5, 5.41) is 8.21. The highest BCUT2D eigenvalue weighted by atomic mass is 16.2. The van der Waals surface area contributed by atoms with Crippen LogP contribution in [0, 0.1) is 11.8 Å². The molecule has 0 heterocycles. The average Bonchev–Trinajstić information content (AvgIpc) is 3.44. The first kappa shape index (κ1) is 19.3. The molecule has 2 aromatic rings. The minimum Gasteiger partial charge on any atom is -0.326 e. The van der Waals surface area contributed by atoms with Gasteiger partial charge in [0, 0.05) is 29.5 Å². The van der Waals surface area contributed by atoms with Gasteiger partial charge in [0.1, 0.15) is 0 Å². The van der Waals surface area contributed by atoms with Crippen LogP contribution in [0.1, 0.15) is 30.6 Å². The Morgan fingerprint density at radius 2 is 1.07 bits per heavy atom. The fourth-order valence-corrected chi connectivity index (χ4v) is 2.87. The summed E-state index contributed by atoms with van der Waals surface area (Å²) in [5.74, 6) is -1.37. The normalized spacial score (nSPS) is 17.4. The van der Waals surface area contributed by atoms with Crippen molar-refractivity contribution in [3.8, 4) is 0 Å². The molecule has 0 saturated heterocycles.